The molecule has 0 N–H and O–H groups in total. The van der Waals surface area contributed by atoms with Crippen LogP contribution in [0.5, 0.6) is 28.7 Å². The van der Waals surface area contributed by atoms with Gasteiger partial charge in [0.25, 0.3) is 0 Å². The SMILES string of the molecule is CCN(CC)C(=O)Oc1ccc2c(c1)O/C(=C\c1ccc(OC)c(OC)c1OC)C2=O. The number of ether oxygens (including phenoxy) is 5. The number of methoxy groups -OCH3 is 3. The molecule has 164 valence electrons. The molecule has 2 aromatic carbocycles. The highest BCUT2D eigenvalue weighted by Crippen LogP contribution is 2.42. The fourth-order valence-corrected chi connectivity index (χ4v) is 3.26. The van der Waals surface area contributed by atoms with Crippen molar-refractivity contribution >= 4 is 18.0 Å². The normalized spacial score (nSPS) is 13.5. The number of amides is 1. The van der Waals surface area contributed by atoms with Crippen molar-refractivity contribution in [3.05, 3.63) is 47.2 Å². The molecule has 1 heterocycles. The van der Waals surface area contributed by atoms with Crippen molar-refractivity contribution in [1.29, 1.82) is 0 Å². The lowest BCUT2D eigenvalue weighted by molar-refractivity contribution is 0.101. The minimum atomic E-state index is -0.458. The first-order chi connectivity index (χ1) is 15.0. The van der Waals surface area contributed by atoms with Crippen molar-refractivity contribution in [1.82, 2.24) is 4.90 Å². The van der Waals surface area contributed by atoms with Gasteiger partial charge in [-0.2, -0.15) is 0 Å². The monoisotopic (exact) mass is 427 g/mol. The number of ketones is 1. The van der Waals surface area contributed by atoms with Gasteiger partial charge in [-0.15, -0.1) is 0 Å². The van der Waals surface area contributed by atoms with E-state index in [1.54, 1.807) is 35.2 Å². The Morgan fingerprint density at radius 3 is 2.32 bits per heavy atom. The number of nitrogens with zero attached hydrogens (tertiary/aromatic N) is 1. The molecule has 0 spiro atoms. The zero-order valence-corrected chi connectivity index (χ0v) is 18.2. The maximum Gasteiger partial charge on any atom is 0.415 e. The molecule has 0 aromatic heterocycles. The third-order valence-electron chi connectivity index (χ3n) is 4.89. The van der Waals surface area contributed by atoms with Crippen LogP contribution >= 0.6 is 0 Å². The second-order valence-corrected chi connectivity index (χ2v) is 6.56. The fraction of sp³-hybridized carbons (Fsp3) is 0.304. The van der Waals surface area contributed by atoms with Gasteiger partial charge in [-0.1, -0.05) is 0 Å². The third kappa shape index (κ3) is 4.28. The molecule has 1 aliphatic rings. The van der Waals surface area contributed by atoms with E-state index in [-0.39, 0.29) is 11.5 Å². The van der Waals surface area contributed by atoms with Crippen molar-refractivity contribution in [3.63, 3.8) is 0 Å². The molecule has 0 fully saturated rings. The van der Waals surface area contributed by atoms with E-state index in [0.29, 0.717) is 53.0 Å². The fourth-order valence-electron chi connectivity index (χ4n) is 3.26. The smallest absolute Gasteiger partial charge is 0.415 e. The number of Topliss-reactive ketones (excluding diaryl/α,β-unsaturated/α-hetero) is 1. The molecular weight excluding hydrogens is 402 g/mol. The van der Waals surface area contributed by atoms with Crippen molar-refractivity contribution in [2.75, 3.05) is 34.4 Å². The average Bonchev–Trinajstić information content (AvgIpc) is 3.08. The highest BCUT2D eigenvalue weighted by molar-refractivity contribution is 6.14. The summed E-state index contributed by atoms with van der Waals surface area (Å²) in [6, 6.07) is 8.13. The van der Waals surface area contributed by atoms with Crippen LogP contribution in [-0.2, 0) is 0 Å². The summed E-state index contributed by atoms with van der Waals surface area (Å²) >= 11 is 0. The predicted octanol–water partition coefficient (Wildman–Crippen LogP) is 4.17. The summed E-state index contributed by atoms with van der Waals surface area (Å²) in [6.45, 7) is 4.81. The number of hydrogen-bond acceptors (Lipinski definition) is 7. The van der Waals surface area contributed by atoms with E-state index in [1.165, 1.54) is 27.4 Å². The van der Waals surface area contributed by atoms with Crippen molar-refractivity contribution < 1.29 is 33.3 Å². The Labute approximate surface area is 180 Å². The minimum Gasteiger partial charge on any atom is -0.493 e. The molecule has 1 aliphatic heterocycles. The molecule has 2 aromatic rings. The molecule has 0 saturated heterocycles. The minimum absolute atomic E-state index is 0.118. The molecule has 0 bridgehead atoms. The number of hydrogen-bond donors (Lipinski definition) is 0. The van der Waals surface area contributed by atoms with Crippen LogP contribution in [0.1, 0.15) is 29.8 Å². The number of benzene rings is 2. The van der Waals surface area contributed by atoms with E-state index >= 15 is 0 Å². The van der Waals surface area contributed by atoms with Gasteiger partial charge in [0.05, 0.1) is 26.9 Å². The molecule has 0 atom stereocenters. The van der Waals surface area contributed by atoms with Gasteiger partial charge in [0.15, 0.2) is 17.3 Å². The van der Waals surface area contributed by atoms with Gasteiger partial charge in [0.1, 0.15) is 11.5 Å². The highest BCUT2D eigenvalue weighted by atomic mass is 16.6. The molecule has 31 heavy (non-hydrogen) atoms. The number of allylic oxidation sites excluding steroid dienone is 1. The van der Waals surface area contributed by atoms with Crippen molar-refractivity contribution in [2.45, 2.75) is 13.8 Å². The first kappa shape index (κ1) is 22.0. The summed E-state index contributed by atoms with van der Waals surface area (Å²) in [6.07, 6.45) is 1.12. The molecule has 0 radical (unpaired) electrons. The maximum absolute atomic E-state index is 12.8. The molecule has 1 amide bonds. The lowest BCUT2D eigenvalue weighted by atomic mass is 10.1. The number of carbonyl (C=O) groups excluding carboxylic acids is 2. The van der Waals surface area contributed by atoms with E-state index in [9.17, 15) is 9.59 Å². The molecule has 0 saturated carbocycles. The Hall–Kier alpha value is -3.68. The Morgan fingerprint density at radius 2 is 1.71 bits per heavy atom. The predicted molar refractivity (Wildman–Crippen MR) is 114 cm³/mol. The Bertz CT molecular complexity index is 1020. The standard InChI is InChI=1S/C23H25NO7/c1-6-24(7-2)23(26)30-15-9-10-16-18(13-15)31-19(20(16)25)12-14-8-11-17(27-3)22(29-5)21(14)28-4/h8-13H,6-7H2,1-5H3/b19-12-. The van der Waals surface area contributed by atoms with Gasteiger partial charge in [0, 0.05) is 24.7 Å². The summed E-state index contributed by atoms with van der Waals surface area (Å²) in [5.41, 5.74) is 0.970. The summed E-state index contributed by atoms with van der Waals surface area (Å²) < 4.78 is 27.3. The van der Waals surface area contributed by atoms with Gasteiger partial charge in [-0.3, -0.25) is 4.79 Å². The van der Waals surface area contributed by atoms with Gasteiger partial charge in [-0.05, 0) is 44.2 Å². The molecule has 8 heteroatoms. The van der Waals surface area contributed by atoms with E-state index in [1.807, 2.05) is 13.8 Å². The third-order valence-corrected chi connectivity index (χ3v) is 4.89. The first-order valence-electron chi connectivity index (χ1n) is 9.81. The lowest BCUT2D eigenvalue weighted by Crippen LogP contribution is -2.33. The Morgan fingerprint density at radius 1 is 1.00 bits per heavy atom. The van der Waals surface area contributed by atoms with Crippen molar-refractivity contribution in [2.24, 2.45) is 0 Å². The number of fused-ring (bicyclic) bond motifs is 1. The highest BCUT2D eigenvalue weighted by Gasteiger charge is 2.29. The van der Waals surface area contributed by atoms with Crippen LogP contribution in [0.4, 0.5) is 4.79 Å². The average molecular weight is 427 g/mol. The molecule has 0 aliphatic carbocycles. The first-order valence-corrected chi connectivity index (χ1v) is 9.81. The van der Waals surface area contributed by atoms with Gasteiger partial charge >= 0.3 is 6.09 Å². The summed E-state index contributed by atoms with van der Waals surface area (Å²) in [7, 11) is 4.54. The van der Waals surface area contributed by atoms with E-state index in [4.69, 9.17) is 23.7 Å². The van der Waals surface area contributed by atoms with Crippen LogP contribution in [-0.4, -0.2) is 51.2 Å². The number of rotatable bonds is 7. The van der Waals surface area contributed by atoms with Crippen molar-refractivity contribution in [3.8, 4) is 28.7 Å². The van der Waals surface area contributed by atoms with Crippen LogP contribution in [0.15, 0.2) is 36.1 Å². The second kappa shape index (κ2) is 9.42. The second-order valence-electron chi connectivity index (χ2n) is 6.56. The van der Waals surface area contributed by atoms with Gasteiger partial charge in [0.2, 0.25) is 11.5 Å². The number of carbonyl (C=O) groups is 2. The van der Waals surface area contributed by atoms with Crippen LogP contribution < -0.4 is 23.7 Å². The van der Waals surface area contributed by atoms with Crippen LogP contribution in [0.25, 0.3) is 6.08 Å². The Balaban J connectivity index is 1.89. The summed E-state index contributed by atoms with van der Waals surface area (Å²) in [4.78, 5) is 26.5. The molecular formula is C23H25NO7. The largest absolute Gasteiger partial charge is 0.493 e. The Kier molecular flexibility index (Phi) is 6.69. The summed E-state index contributed by atoms with van der Waals surface area (Å²) in [5, 5.41) is 0. The molecule has 3 rings (SSSR count). The van der Waals surface area contributed by atoms with E-state index in [0.717, 1.165) is 0 Å². The van der Waals surface area contributed by atoms with Gasteiger partial charge in [-0.25, -0.2) is 4.79 Å². The van der Waals surface area contributed by atoms with Crippen LogP contribution in [0.2, 0.25) is 0 Å². The van der Waals surface area contributed by atoms with E-state index < -0.39 is 6.09 Å². The van der Waals surface area contributed by atoms with Gasteiger partial charge < -0.3 is 28.6 Å². The topological polar surface area (TPSA) is 83.5 Å². The quantitative estimate of drug-likeness (QED) is 0.613. The van der Waals surface area contributed by atoms with Crippen LogP contribution in [0.3, 0.4) is 0 Å². The van der Waals surface area contributed by atoms with Crippen LogP contribution in [0, 0.1) is 0 Å². The zero-order valence-electron chi connectivity index (χ0n) is 18.2. The lowest BCUT2D eigenvalue weighted by Gasteiger charge is -2.17. The van der Waals surface area contributed by atoms with E-state index in [2.05, 4.69) is 0 Å². The molecule has 8 nitrogen and oxygen atoms in total. The maximum atomic E-state index is 12.8. The summed E-state index contributed by atoms with van der Waals surface area (Å²) in [5.74, 6) is 1.78. The zero-order chi connectivity index (χ0) is 22.5. The molecule has 0 unspecified atom stereocenters.